The van der Waals surface area contributed by atoms with Crippen LogP contribution in [0.5, 0.6) is 0 Å². The zero-order valence-electron chi connectivity index (χ0n) is 8.86. The van der Waals surface area contributed by atoms with Crippen LogP contribution in [0.3, 0.4) is 0 Å². The number of nitrogen functional groups attached to an aromatic ring is 1. The lowest BCUT2D eigenvalue weighted by Gasteiger charge is -2.09. The molecule has 4 heteroatoms. The average molecular weight is 225 g/mol. The second-order valence-electron chi connectivity index (χ2n) is 3.52. The molecular weight excluding hydrogens is 210 g/mol. The molecule has 0 fully saturated rings. The quantitative estimate of drug-likeness (QED) is 0.609. The molecule has 1 rings (SSSR count). The fraction of sp³-hybridized carbons (Fsp3) is 0.364. The first kappa shape index (κ1) is 11.9. The number of hydrogen-bond donors (Lipinski definition) is 2. The number of rotatable bonds is 4. The Morgan fingerprint density at radius 1 is 1.60 bits per heavy atom. The standard InChI is InChI=1S/C11H15NO2S/c1-7(11(13)14)5-8-3-4-9(12)10(6-8)15-2/h3-4,6-7H,5,12H2,1-2H3,(H,13,14). The summed E-state index contributed by atoms with van der Waals surface area (Å²) in [6.45, 7) is 1.71. The molecule has 0 aliphatic carbocycles. The minimum atomic E-state index is -0.766. The van der Waals surface area contributed by atoms with E-state index in [0.29, 0.717) is 6.42 Å². The molecule has 1 atom stereocenters. The molecule has 1 aromatic carbocycles. The van der Waals surface area contributed by atoms with Gasteiger partial charge in [-0.3, -0.25) is 4.79 Å². The van der Waals surface area contributed by atoms with Crippen molar-refractivity contribution in [2.75, 3.05) is 12.0 Å². The van der Waals surface area contributed by atoms with Crippen LogP contribution in [-0.4, -0.2) is 17.3 Å². The highest BCUT2D eigenvalue weighted by molar-refractivity contribution is 7.98. The second-order valence-corrected chi connectivity index (χ2v) is 4.37. The highest BCUT2D eigenvalue weighted by Gasteiger charge is 2.12. The topological polar surface area (TPSA) is 63.3 Å². The van der Waals surface area contributed by atoms with Crippen molar-refractivity contribution >= 4 is 23.4 Å². The van der Waals surface area contributed by atoms with Crippen molar-refractivity contribution < 1.29 is 9.90 Å². The van der Waals surface area contributed by atoms with Crippen LogP contribution < -0.4 is 5.73 Å². The molecule has 0 aliphatic rings. The maximum Gasteiger partial charge on any atom is 0.306 e. The van der Waals surface area contributed by atoms with Crippen molar-refractivity contribution in [3.05, 3.63) is 23.8 Å². The third-order valence-corrected chi connectivity index (χ3v) is 3.05. The fourth-order valence-corrected chi connectivity index (χ4v) is 1.90. The number of benzene rings is 1. The molecule has 0 aromatic heterocycles. The van der Waals surface area contributed by atoms with E-state index in [2.05, 4.69) is 0 Å². The Hall–Kier alpha value is -1.16. The molecule has 1 aromatic rings. The first-order chi connectivity index (χ1) is 7.04. The largest absolute Gasteiger partial charge is 0.481 e. The molecule has 0 heterocycles. The molecule has 3 N–H and O–H groups in total. The van der Waals surface area contributed by atoms with Gasteiger partial charge < -0.3 is 10.8 Å². The van der Waals surface area contributed by atoms with Gasteiger partial charge in [0.15, 0.2) is 0 Å². The van der Waals surface area contributed by atoms with Crippen molar-refractivity contribution in [1.29, 1.82) is 0 Å². The van der Waals surface area contributed by atoms with E-state index in [1.165, 1.54) is 0 Å². The lowest BCUT2D eigenvalue weighted by atomic mass is 10.0. The predicted octanol–water partition coefficient (Wildman–Crippen LogP) is 2.25. The Labute approximate surface area is 93.7 Å². The second kappa shape index (κ2) is 5.07. The number of hydrogen-bond acceptors (Lipinski definition) is 3. The SMILES string of the molecule is CSc1cc(CC(C)C(=O)O)ccc1N. The number of nitrogens with two attached hydrogens (primary N) is 1. The van der Waals surface area contributed by atoms with Gasteiger partial charge in [0.25, 0.3) is 0 Å². The average Bonchev–Trinajstić information content (AvgIpc) is 2.20. The zero-order valence-corrected chi connectivity index (χ0v) is 9.67. The van der Waals surface area contributed by atoms with E-state index in [9.17, 15) is 4.79 Å². The van der Waals surface area contributed by atoms with Gasteiger partial charge >= 0.3 is 5.97 Å². The van der Waals surface area contributed by atoms with Gasteiger partial charge in [-0.15, -0.1) is 11.8 Å². The molecule has 0 amide bonds. The van der Waals surface area contributed by atoms with Gasteiger partial charge in [-0.1, -0.05) is 13.0 Å². The van der Waals surface area contributed by atoms with Gasteiger partial charge in [0.2, 0.25) is 0 Å². The number of anilines is 1. The molecule has 1 unspecified atom stereocenters. The number of thioether (sulfide) groups is 1. The first-order valence-corrected chi connectivity index (χ1v) is 5.92. The molecule has 0 saturated carbocycles. The summed E-state index contributed by atoms with van der Waals surface area (Å²) >= 11 is 1.57. The van der Waals surface area contributed by atoms with Crippen LogP contribution in [0, 0.1) is 5.92 Å². The highest BCUT2D eigenvalue weighted by Crippen LogP contribution is 2.24. The third kappa shape index (κ3) is 3.16. The summed E-state index contributed by atoms with van der Waals surface area (Å²) < 4.78 is 0. The molecule has 0 saturated heterocycles. The van der Waals surface area contributed by atoms with E-state index >= 15 is 0 Å². The summed E-state index contributed by atoms with van der Waals surface area (Å²) in [5.41, 5.74) is 7.52. The minimum absolute atomic E-state index is 0.358. The van der Waals surface area contributed by atoms with Gasteiger partial charge in [0.05, 0.1) is 5.92 Å². The van der Waals surface area contributed by atoms with E-state index in [4.69, 9.17) is 10.8 Å². The molecular formula is C11H15NO2S. The van der Waals surface area contributed by atoms with E-state index in [1.807, 2.05) is 24.5 Å². The number of carboxylic acids is 1. The minimum Gasteiger partial charge on any atom is -0.481 e. The van der Waals surface area contributed by atoms with Crippen molar-refractivity contribution in [3.8, 4) is 0 Å². The van der Waals surface area contributed by atoms with Crippen LogP contribution in [0.4, 0.5) is 5.69 Å². The molecule has 0 spiro atoms. The molecule has 15 heavy (non-hydrogen) atoms. The van der Waals surface area contributed by atoms with Crippen LogP contribution in [0.15, 0.2) is 23.1 Å². The van der Waals surface area contributed by atoms with Crippen molar-refractivity contribution in [2.24, 2.45) is 5.92 Å². The predicted molar refractivity (Wildman–Crippen MR) is 63.1 cm³/mol. The Morgan fingerprint density at radius 3 is 2.80 bits per heavy atom. The lowest BCUT2D eigenvalue weighted by Crippen LogP contribution is -2.12. The van der Waals surface area contributed by atoms with Gasteiger partial charge in [0.1, 0.15) is 0 Å². The summed E-state index contributed by atoms with van der Waals surface area (Å²) in [6, 6.07) is 5.67. The molecule has 0 radical (unpaired) electrons. The van der Waals surface area contributed by atoms with Crippen molar-refractivity contribution in [1.82, 2.24) is 0 Å². The molecule has 82 valence electrons. The van der Waals surface area contributed by atoms with E-state index in [1.54, 1.807) is 18.7 Å². The Balaban J connectivity index is 2.83. The lowest BCUT2D eigenvalue weighted by molar-refractivity contribution is -0.141. The van der Waals surface area contributed by atoms with Crippen LogP contribution in [0.1, 0.15) is 12.5 Å². The number of carboxylic acid groups (broad SMARTS) is 1. The number of carbonyl (C=O) groups is 1. The normalized spacial score (nSPS) is 12.4. The van der Waals surface area contributed by atoms with Gasteiger partial charge in [-0.25, -0.2) is 0 Å². The van der Waals surface area contributed by atoms with E-state index in [-0.39, 0.29) is 5.92 Å². The Kier molecular flexibility index (Phi) is 4.03. The highest BCUT2D eigenvalue weighted by atomic mass is 32.2. The monoisotopic (exact) mass is 225 g/mol. The molecule has 3 nitrogen and oxygen atoms in total. The third-order valence-electron chi connectivity index (χ3n) is 2.26. The van der Waals surface area contributed by atoms with Gasteiger partial charge in [-0.05, 0) is 30.4 Å². The molecule has 0 bridgehead atoms. The smallest absolute Gasteiger partial charge is 0.306 e. The van der Waals surface area contributed by atoms with E-state index in [0.717, 1.165) is 16.1 Å². The van der Waals surface area contributed by atoms with Crippen LogP contribution >= 0.6 is 11.8 Å². The fourth-order valence-electron chi connectivity index (χ4n) is 1.32. The maximum atomic E-state index is 10.7. The summed E-state index contributed by atoms with van der Waals surface area (Å²) in [6.07, 6.45) is 2.50. The van der Waals surface area contributed by atoms with E-state index < -0.39 is 5.97 Å². The Bertz CT molecular complexity index is 366. The summed E-state index contributed by atoms with van der Waals surface area (Å²) in [5, 5.41) is 8.79. The van der Waals surface area contributed by atoms with Crippen LogP contribution in [-0.2, 0) is 11.2 Å². The maximum absolute atomic E-state index is 10.7. The number of aliphatic carboxylic acids is 1. The zero-order chi connectivity index (χ0) is 11.4. The first-order valence-electron chi connectivity index (χ1n) is 4.69. The van der Waals surface area contributed by atoms with Crippen LogP contribution in [0.25, 0.3) is 0 Å². The Morgan fingerprint density at radius 2 is 2.27 bits per heavy atom. The van der Waals surface area contributed by atoms with Gasteiger partial charge in [-0.2, -0.15) is 0 Å². The van der Waals surface area contributed by atoms with Crippen molar-refractivity contribution in [2.45, 2.75) is 18.2 Å². The summed E-state index contributed by atoms with van der Waals surface area (Å²) in [5.74, 6) is -1.12. The molecule has 0 aliphatic heterocycles. The summed E-state index contributed by atoms with van der Waals surface area (Å²) in [7, 11) is 0. The van der Waals surface area contributed by atoms with Gasteiger partial charge in [0, 0.05) is 10.6 Å². The van der Waals surface area contributed by atoms with Crippen molar-refractivity contribution in [3.63, 3.8) is 0 Å². The summed E-state index contributed by atoms with van der Waals surface area (Å²) in [4.78, 5) is 11.7. The van der Waals surface area contributed by atoms with Crippen LogP contribution in [0.2, 0.25) is 0 Å².